The number of anilines is 1. The normalized spacial score (nSPS) is 12.5. The first-order valence-corrected chi connectivity index (χ1v) is 6.36. The van der Waals surface area contributed by atoms with Crippen LogP contribution in [0.15, 0.2) is 18.3 Å². The zero-order chi connectivity index (χ0) is 11.3. The molecule has 15 heavy (non-hydrogen) atoms. The van der Waals surface area contributed by atoms with Crippen LogP contribution < -0.4 is 4.90 Å². The van der Waals surface area contributed by atoms with Crippen LogP contribution >= 0.6 is 11.8 Å². The highest BCUT2D eigenvalue weighted by Crippen LogP contribution is 2.17. The smallest absolute Gasteiger partial charge is 0.0853 e. The van der Waals surface area contributed by atoms with Crippen LogP contribution in [0, 0.1) is 0 Å². The molecule has 1 N–H and O–H groups in total. The highest BCUT2D eigenvalue weighted by molar-refractivity contribution is 7.98. The van der Waals surface area contributed by atoms with Gasteiger partial charge < -0.3 is 10.0 Å². The molecule has 1 aromatic heterocycles. The fraction of sp³-hybridized carbons (Fsp3) is 0.545. The molecule has 0 spiro atoms. The Labute approximate surface area is 95.5 Å². The Balaban J connectivity index is 2.76. The Bertz CT molecular complexity index is 306. The Morgan fingerprint density at radius 1 is 1.60 bits per heavy atom. The topological polar surface area (TPSA) is 36.4 Å². The van der Waals surface area contributed by atoms with E-state index in [1.165, 1.54) is 0 Å². The molecule has 84 valence electrons. The van der Waals surface area contributed by atoms with Crippen molar-refractivity contribution in [1.82, 2.24) is 4.98 Å². The lowest BCUT2D eigenvalue weighted by Crippen LogP contribution is -2.30. The van der Waals surface area contributed by atoms with Gasteiger partial charge in [-0.1, -0.05) is 0 Å². The summed E-state index contributed by atoms with van der Waals surface area (Å²) in [5, 5.41) is 9.00. The Hall–Kier alpha value is -0.740. The van der Waals surface area contributed by atoms with Crippen molar-refractivity contribution in [3.05, 3.63) is 24.0 Å². The summed E-state index contributed by atoms with van der Waals surface area (Å²) >= 11 is 1.84. The van der Waals surface area contributed by atoms with Crippen molar-refractivity contribution in [2.45, 2.75) is 19.6 Å². The van der Waals surface area contributed by atoms with Crippen LogP contribution in [0.4, 0.5) is 5.69 Å². The van der Waals surface area contributed by atoms with E-state index >= 15 is 0 Å². The molecule has 0 bridgehead atoms. The van der Waals surface area contributed by atoms with Gasteiger partial charge >= 0.3 is 0 Å². The van der Waals surface area contributed by atoms with E-state index < -0.39 is 0 Å². The molecule has 1 unspecified atom stereocenters. The SMILES string of the molecule is CSCC(C)N(C)c1ccnc(CO)c1. The molecular weight excluding hydrogens is 208 g/mol. The first kappa shape index (κ1) is 12.3. The van der Waals surface area contributed by atoms with Gasteiger partial charge in [-0.25, -0.2) is 0 Å². The van der Waals surface area contributed by atoms with E-state index in [-0.39, 0.29) is 6.61 Å². The number of thioether (sulfide) groups is 1. The maximum Gasteiger partial charge on any atom is 0.0853 e. The zero-order valence-corrected chi connectivity index (χ0v) is 10.3. The zero-order valence-electron chi connectivity index (χ0n) is 9.47. The molecule has 0 amide bonds. The first-order valence-electron chi connectivity index (χ1n) is 4.96. The third-order valence-electron chi connectivity index (χ3n) is 2.44. The lowest BCUT2D eigenvalue weighted by molar-refractivity contribution is 0.277. The minimum atomic E-state index is -0.00140. The summed E-state index contributed by atoms with van der Waals surface area (Å²) in [6.07, 6.45) is 3.85. The van der Waals surface area contributed by atoms with Crippen molar-refractivity contribution < 1.29 is 5.11 Å². The van der Waals surface area contributed by atoms with E-state index in [1.807, 2.05) is 23.9 Å². The van der Waals surface area contributed by atoms with Crippen molar-refractivity contribution >= 4 is 17.4 Å². The molecule has 3 nitrogen and oxygen atoms in total. The largest absolute Gasteiger partial charge is 0.390 e. The second-order valence-corrected chi connectivity index (χ2v) is 4.49. The van der Waals surface area contributed by atoms with Crippen molar-refractivity contribution in [2.24, 2.45) is 0 Å². The highest BCUT2D eigenvalue weighted by Gasteiger charge is 2.09. The molecule has 0 fully saturated rings. The summed E-state index contributed by atoms with van der Waals surface area (Å²) in [5.74, 6) is 1.09. The van der Waals surface area contributed by atoms with Gasteiger partial charge in [0.25, 0.3) is 0 Å². The number of hydrogen-bond donors (Lipinski definition) is 1. The molecule has 1 rings (SSSR count). The first-order chi connectivity index (χ1) is 7.19. The third kappa shape index (κ3) is 3.39. The molecule has 1 aromatic rings. The molecule has 4 heteroatoms. The van der Waals surface area contributed by atoms with Gasteiger partial charge in [0, 0.05) is 30.7 Å². The van der Waals surface area contributed by atoms with Gasteiger partial charge in [-0.2, -0.15) is 11.8 Å². The van der Waals surface area contributed by atoms with Crippen LogP contribution in [0.3, 0.4) is 0 Å². The molecule has 0 aliphatic rings. The summed E-state index contributed by atoms with van der Waals surface area (Å²) in [7, 11) is 2.07. The number of pyridine rings is 1. The van der Waals surface area contributed by atoms with Gasteiger partial charge in [0.2, 0.25) is 0 Å². The van der Waals surface area contributed by atoms with Crippen LogP contribution in [-0.4, -0.2) is 35.2 Å². The lowest BCUT2D eigenvalue weighted by atomic mass is 10.2. The van der Waals surface area contributed by atoms with Crippen LogP contribution in [0.1, 0.15) is 12.6 Å². The molecule has 0 aromatic carbocycles. The van der Waals surface area contributed by atoms with Gasteiger partial charge in [0.05, 0.1) is 12.3 Å². The summed E-state index contributed by atoms with van der Waals surface area (Å²) in [5.41, 5.74) is 1.83. The second kappa shape index (κ2) is 5.98. The fourth-order valence-electron chi connectivity index (χ4n) is 1.38. The van der Waals surface area contributed by atoms with Gasteiger partial charge in [0.1, 0.15) is 0 Å². The van der Waals surface area contributed by atoms with Crippen LogP contribution in [0.2, 0.25) is 0 Å². The van der Waals surface area contributed by atoms with Crippen molar-refractivity contribution in [3.8, 4) is 0 Å². The minimum absolute atomic E-state index is 0.00140. The summed E-state index contributed by atoms with van der Waals surface area (Å²) in [6.45, 7) is 2.19. The lowest BCUT2D eigenvalue weighted by Gasteiger charge is -2.26. The minimum Gasteiger partial charge on any atom is -0.390 e. The van der Waals surface area contributed by atoms with E-state index in [4.69, 9.17) is 5.11 Å². The Kier molecular flexibility index (Phi) is 4.91. The number of aromatic nitrogens is 1. The number of aliphatic hydroxyl groups is 1. The quantitative estimate of drug-likeness (QED) is 0.830. The Morgan fingerprint density at radius 2 is 2.33 bits per heavy atom. The van der Waals surface area contributed by atoms with Gasteiger partial charge in [-0.05, 0) is 25.3 Å². The second-order valence-electron chi connectivity index (χ2n) is 3.58. The van der Waals surface area contributed by atoms with Crippen LogP contribution in [0.5, 0.6) is 0 Å². The molecule has 0 saturated carbocycles. The standard InChI is InChI=1S/C11H18N2OS/c1-9(8-15-3)13(2)11-4-5-12-10(6-11)7-14/h4-6,9,14H,7-8H2,1-3H3. The molecule has 0 radical (unpaired) electrons. The number of nitrogens with zero attached hydrogens (tertiary/aromatic N) is 2. The Morgan fingerprint density at radius 3 is 2.93 bits per heavy atom. The number of rotatable bonds is 5. The van der Waals surface area contributed by atoms with Gasteiger partial charge in [-0.3, -0.25) is 4.98 Å². The predicted molar refractivity (Wildman–Crippen MR) is 66.4 cm³/mol. The van der Waals surface area contributed by atoms with Crippen molar-refractivity contribution in [1.29, 1.82) is 0 Å². The fourth-order valence-corrected chi connectivity index (χ4v) is 2.08. The molecule has 0 aliphatic heterocycles. The third-order valence-corrected chi connectivity index (χ3v) is 3.25. The maximum absolute atomic E-state index is 9.00. The summed E-state index contributed by atoms with van der Waals surface area (Å²) in [4.78, 5) is 6.27. The van der Waals surface area contributed by atoms with E-state index in [0.717, 1.165) is 17.1 Å². The van der Waals surface area contributed by atoms with Crippen LogP contribution in [-0.2, 0) is 6.61 Å². The van der Waals surface area contributed by atoms with Crippen molar-refractivity contribution in [3.63, 3.8) is 0 Å². The van der Waals surface area contributed by atoms with E-state index in [9.17, 15) is 0 Å². The van der Waals surface area contributed by atoms with Crippen molar-refractivity contribution in [2.75, 3.05) is 24.0 Å². The number of hydrogen-bond acceptors (Lipinski definition) is 4. The average Bonchev–Trinajstić information content (AvgIpc) is 2.28. The summed E-state index contributed by atoms with van der Waals surface area (Å²) in [6, 6.07) is 4.38. The van der Waals surface area contributed by atoms with E-state index in [0.29, 0.717) is 6.04 Å². The molecule has 0 saturated heterocycles. The monoisotopic (exact) mass is 226 g/mol. The molecule has 0 aliphatic carbocycles. The predicted octanol–water partition coefficient (Wildman–Crippen LogP) is 1.76. The average molecular weight is 226 g/mol. The molecular formula is C11H18N2OS. The number of aliphatic hydroxyl groups excluding tert-OH is 1. The summed E-state index contributed by atoms with van der Waals surface area (Å²) < 4.78 is 0. The van der Waals surface area contributed by atoms with E-state index in [2.05, 4.69) is 30.1 Å². The molecule has 1 atom stereocenters. The van der Waals surface area contributed by atoms with Crippen LogP contribution in [0.25, 0.3) is 0 Å². The van der Waals surface area contributed by atoms with E-state index in [1.54, 1.807) is 6.20 Å². The van der Waals surface area contributed by atoms with Gasteiger partial charge in [-0.15, -0.1) is 0 Å². The maximum atomic E-state index is 9.00. The molecule has 1 heterocycles. The van der Waals surface area contributed by atoms with Gasteiger partial charge in [0.15, 0.2) is 0 Å². The highest BCUT2D eigenvalue weighted by atomic mass is 32.2.